The molecular formula is C24H22ClF3N6O3. The van der Waals surface area contributed by atoms with Gasteiger partial charge < -0.3 is 20.7 Å². The van der Waals surface area contributed by atoms with Crippen molar-refractivity contribution < 1.29 is 27.5 Å². The Morgan fingerprint density at radius 2 is 1.86 bits per heavy atom. The van der Waals surface area contributed by atoms with Crippen LogP contribution in [0, 0.1) is 6.92 Å². The van der Waals surface area contributed by atoms with Gasteiger partial charge in [0.2, 0.25) is 5.91 Å². The highest BCUT2D eigenvalue weighted by Crippen LogP contribution is 2.36. The molecule has 37 heavy (non-hydrogen) atoms. The number of anilines is 2. The van der Waals surface area contributed by atoms with Crippen LogP contribution in [0.5, 0.6) is 0 Å². The summed E-state index contributed by atoms with van der Waals surface area (Å²) in [4.78, 5) is 37.9. The van der Waals surface area contributed by atoms with Gasteiger partial charge in [0.15, 0.2) is 0 Å². The van der Waals surface area contributed by atoms with Gasteiger partial charge >= 0.3 is 6.18 Å². The van der Waals surface area contributed by atoms with Crippen molar-refractivity contribution in [3.63, 3.8) is 0 Å². The summed E-state index contributed by atoms with van der Waals surface area (Å²) >= 11 is 6.30. The molecule has 0 radical (unpaired) electrons. The van der Waals surface area contributed by atoms with E-state index in [9.17, 15) is 22.8 Å². The number of nitrogens with one attached hydrogen (secondary N) is 3. The maximum atomic E-state index is 13.3. The number of carbonyl (C=O) groups excluding carboxylic acids is 2. The van der Waals surface area contributed by atoms with Crippen molar-refractivity contribution in [3.05, 3.63) is 76.6 Å². The number of rotatable bonds is 7. The number of ether oxygens (including phenoxy) is 1. The molecule has 13 heteroatoms. The number of para-hydroxylation sites is 1. The molecule has 1 fully saturated rings. The van der Waals surface area contributed by atoms with Crippen molar-refractivity contribution >= 4 is 34.8 Å². The predicted molar refractivity (Wildman–Crippen MR) is 128 cm³/mol. The molecule has 0 bridgehead atoms. The molecule has 1 aliphatic rings. The van der Waals surface area contributed by atoms with E-state index in [0.717, 1.165) is 6.07 Å². The lowest BCUT2D eigenvalue weighted by atomic mass is 9.96. The van der Waals surface area contributed by atoms with E-state index in [2.05, 4.69) is 30.9 Å². The largest absolute Gasteiger partial charge is 0.418 e. The first kappa shape index (κ1) is 26.3. The minimum atomic E-state index is -4.53. The highest BCUT2D eigenvalue weighted by molar-refractivity contribution is 6.31. The topological polar surface area (TPSA) is 118 Å². The molecule has 2 aromatic heterocycles. The smallest absolute Gasteiger partial charge is 0.378 e. The molecule has 1 aromatic carbocycles. The first-order valence-corrected chi connectivity index (χ1v) is 11.5. The van der Waals surface area contributed by atoms with Crippen molar-refractivity contribution in [3.8, 4) is 0 Å². The van der Waals surface area contributed by atoms with Crippen LogP contribution in [0.1, 0.15) is 33.9 Å². The average Bonchev–Trinajstić information content (AvgIpc) is 3.33. The molecule has 194 valence electrons. The van der Waals surface area contributed by atoms with E-state index in [1.54, 1.807) is 6.92 Å². The summed E-state index contributed by atoms with van der Waals surface area (Å²) in [6.07, 6.45) is -0.238. The number of hydrogen-bond acceptors (Lipinski definition) is 7. The Labute approximate surface area is 214 Å². The first-order chi connectivity index (χ1) is 17.6. The van der Waals surface area contributed by atoms with Gasteiger partial charge in [0.05, 0.1) is 52.6 Å². The predicted octanol–water partition coefficient (Wildman–Crippen LogP) is 3.80. The van der Waals surface area contributed by atoms with Crippen LogP contribution in [-0.4, -0.2) is 45.5 Å². The zero-order chi connectivity index (χ0) is 26.6. The second-order valence-corrected chi connectivity index (χ2v) is 8.77. The SMILES string of the molecule is Cc1ncc(C(=O)N[C@@]2(C(=O)NCc3ncc(Nc4ccccc4C(F)(F)F)cc3Cl)CCOC2)cn1. The Kier molecular flexibility index (Phi) is 7.60. The Bertz CT molecular complexity index is 1300. The van der Waals surface area contributed by atoms with Gasteiger partial charge in [-0.25, -0.2) is 9.97 Å². The highest BCUT2D eigenvalue weighted by atomic mass is 35.5. The molecule has 2 amide bonds. The third kappa shape index (κ3) is 6.15. The van der Waals surface area contributed by atoms with Gasteiger partial charge in [-0.15, -0.1) is 0 Å². The van der Waals surface area contributed by atoms with E-state index in [4.69, 9.17) is 16.3 Å². The third-order valence-corrected chi connectivity index (χ3v) is 6.02. The van der Waals surface area contributed by atoms with Crippen molar-refractivity contribution in [1.29, 1.82) is 0 Å². The van der Waals surface area contributed by atoms with Gasteiger partial charge in [0, 0.05) is 25.4 Å². The van der Waals surface area contributed by atoms with Crippen LogP contribution < -0.4 is 16.0 Å². The Morgan fingerprint density at radius 3 is 2.51 bits per heavy atom. The quantitative estimate of drug-likeness (QED) is 0.422. The van der Waals surface area contributed by atoms with E-state index in [-0.39, 0.29) is 53.8 Å². The van der Waals surface area contributed by atoms with Gasteiger partial charge in [0.25, 0.3) is 5.91 Å². The van der Waals surface area contributed by atoms with E-state index in [1.807, 2.05) is 0 Å². The van der Waals surface area contributed by atoms with E-state index in [0.29, 0.717) is 5.82 Å². The molecule has 1 aliphatic heterocycles. The zero-order valence-electron chi connectivity index (χ0n) is 19.5. The zero-order valence-corrected chi connectivity index (χ0v) is 20.3. The lowest BCUT2D eigenvalue weighted by Crippen LogP contribution is -2.59. The van der Waals surface area contributed by atoms with E-state index in [1.165, 1.54) is 42.9 Å². The Hall–Kier alpha value is -3.77. The summed E-state index contributed by atoms with van der Waals surface area (Å²) in [7, 11) is 0. The molecule has 0 saturated carbocycles. The van der Waals surface area contributed by atoms with Crippen LogP contribution >= 0.6 is 11.6 Å². The maximum absolute atomic E-state index is 13.3. The number of pyridine rings is 1. The molecule has 0 spiro atoms. The minimum absolute atomic E-state index is 0.0279. The van der Waals surface area contributed by atoms with Crippen LogP contribution in [-0.2, 0) is 22.3 Å². The number of carbonyl (C=O) groups is 2. The minimum Gasteiger partial charge on any atom is -0.378 e. The number of nitrogens with zero attached hydrogens (tertiary/aromatic N) is 3. The Morgan fingerprint density at radius 1 is 1.14 bits per heavy atom. The van der Waals surface area contributed by atoms with Crippen molar-refractivity contribution in [2.24, 2.45) is 0 Å². The molecule has 4 rings (SSSR count). The number of aryl methyl sites for hydroxylation is 1. The van der Waals surface area contributed by atoms with Gasteiger partial charge in [-0.05, 0) is 25.1 Å². The molecule has 3 N–H and O–H groups in total. The van der Waals surface area contributed by atoms with Crippen LogP contribution in [0.4, 0.5) is 24.5 Å². The Balaban J connectivity index is 1.43. The molecule has 3 aromatic rings. The first-order valence-electron chi connectivity index (χ1n) is 11.1. The van der Waals surface area contributed by atoms with E-state index < -0.39 is 29.1 Å². The molecule has 9 nitrogen and oxygen atoms in total. The third-order valence-electron chi connectivity index (χ3n) is 5.70. The number of hydrogen-bond donors (Lipinski definition) is 3. The monoisotopic (exact) mass is 534 g/mol. The second-order valence-electron chi connectivity index (χ2n) is 8.36. The van der Waals surface area contributed by atoms with Gasteiger partial charge in [-0.2, -0.15) is 13.2 Å². The summed E-state index contributed by atoms with van der Waals surface area (Å²) in [6.45, 7) is 1.85. The lowest BCUT2D eigenvalue weighted by molar-refractivity contribution is -0.137. The molecule has 1 saturated heterocycles. The highest BCUT2D eigenvalue weighted by Gasteiger charge is 2.44. The van der Waals surface area contributed by atoms with Gasteiger partial charge in [0.1, 0.15) is 11.4 Å². The standard InChI is InChI=1S/C24H22ClF3N6O3/c1-14-29-9-15(10-30-14)21(35)34-23(6-7-37-13-23)22(36)32-12-20-18(25)8-16(11-31-20)33-19-5-3-2-4-17(19)24(26,27)28/h2-5,8-11,33H,6-7,12-13H2,1H3,(H,32,36)(H,34,35)/t23-/m0/s1. The van der Waals surface area contributed by atoms with Crippen molar-refractivity contribution in [1.82, 2.24) is 25.6 Å². The van der Waals surface area contributed by atoms with Crippen molar-refractivity contribution in [2.45, 2.75) is 31.6 Å². The molecule has 0 unspecified atom stereocenters. The van der Waals surface area contributed by atoms with Crippen LogP contribution in [0.15, 0.2) is 48.9 Å². The normalized spacial score (nSPS) is 17.3. The summed E-state index contributed by atoms with van der Waals surface area (Å²) in [5.74, 6) is -0.514. The summed E-state index contributed by atoms with van der Waals surface area (Å²) in [5, 5.41) is 8.23. The van der Waals surface area contributed by atoms with Crippen molar-refractivity contribution in [2.75, 3.05) is 18.5 Å². The molecule has 0 aliphatic carbocycles. The lowest BCUT2D eigenvalue weighted by Gasteiger charge is -2.27. The fourth-order valence-electron chi connectivity index (χ4n) is 3.69. The van der Waals surface area contributed by atoms with E-state index >= 15 is 0 Å². The summed E-state index contributed by atoms with van der Waals surface area (Å²) in [5.41, 5.74) is -1.55. The molecule has 3 heterocycles. The molecular weight excluding hydrogens is 513 g/mol. The fourth-order valence-corrected chi connectivity index (χ4v) is 3.92. The number of alkyl halides is 3. The average molecular weight is 535 g/mol. The number of benzene rings is 1. The van der Waals surface area contributed by atoms with Gasteiger partial charge in [-0.3, -0.25) is 14.6 Å². The van der Waals surface area contributed by atoms with Gasteiger partial charge in [-0.1, -0.05) is 23.7 Å². The number of aromatic nitrogens is 3. The van der Waals surface area contributed by atoms with Crippen LogP contribution in [0.2, 0.25) is 5.02 Å². The molecule has 1 atom stereocenters. The number of halogens is 4. The van der Waals surface area contributed by atoms with Crippen LogP contribution in [0.3, 0.4) is 0 Å². The van der Waals surface area contributed by atoms with Crippen LogP contribution in [0.25, 0.3) is 0 Å². The maximum Gasteiger partial charge on any atom is 0.418 e. The summed E-state index contributed by atoms with van der Waals surface area (Å²) < 4.78 is 45.2. The second kappa shape index (κ2) is 10.7. The number of amides is 2. The fraction of sp³-hybridized carbons (Fsp3) is 0.292. The summed E-state index contributed by atoms with van der Waals surface area (Å²) in [6, 6.07) is 6.45.